The Labute approximate surface area is 131 Å². The lowest BCUT2D eigenvalue weighted by Gasteiger charge is -2.05. The molecule has 3 aromatic rings. The van der Waals surface area contributed by atoms with E-state index in [4.69, 9.17) is 5.73 Å². The Morgan fingerprint density at radius 3 is 2.76 bits per heavy atom. The smallest absolute Gasteiger partial charge is 0.267 e. The molecule has 1 amide bonds. The zero-order chi connectivity index (χ0) is 14.8. The fourth-order valence-electron chi connectivity index (χ4n) is 2.12. The highest BCUT2D eigenvalue weighted by molar-refractivity contribution is 7.98. The summed E-state index contributed by atoms with van der Waals surface area (Å²) in [6, 6.07) is 15.5. The fourth-order valence-corrected chi connectivity index (χ4v) is 3.60. The Morgan fingerprint density at radius 1 is 1.19 bits per heavy atom. The van der Waals surface area contributed by atoms with E-state index in [9.17, 15) is 4.79 Å². The number of thioether (sulfide) groups is 1. The van der Waals surface area contributed by atoms with Gasteiger partial charge in [0.15, 0.2) is 0 Å². The van der Waals surface area contributed by atoms with Gasteiger partial charge in [0.25, 0.3) is 5.91 Å². The lowest BCUT2D eigenvalue weighted by Crippen LogP contribution is -2.11. The lowest BCUT2D eigenvalue weighted by molar-refractivity contribution is 0.103. The summed E-state index contributed by atoms with van der Waals surface area (Å²) in [7, 11) is 0. The van der Waals surface area contributed by atoms with Crippen LogP contribution in [0.1, 0.15) is 9.67 Å². The monoisotopic (exact) mass is 314 g/mol. The van der Waals surface area contributed by atoms with Crippen molar-refractivity contribution in [3.8, 4) is 0 Å². The molecule has 0 aliphatic heterocycles. The van der Waals surface area contributed by atoms with E-state index >= 15 is 0 Å². The maximum Gasteiger partial charge on any atom is 0.267 e. The summed E-state index contributed by atoms with van der Waals surface area (Å²) in [5.41, 5.74) is 7.43. The topological polar surface area (TPSA) is 55.1 Å². The number of fused-ring (bicyclic) bond motifs is 1. The molecule has 0 aliphatic rings. The van der Waals surface area contributed by atoms with Crippen LogP contribution in [0.5, 0.6) is 0 Å². The number of anilines is 2. The fraction of sp³-hybridized carbons (Fsp3) is 0.0625. The summed E-state index contributed by atoms with van der Waals surface area (Å²) < 4.78 is 1.03. The molecule has 5 heteroatoms. The molecule has 3 N–H and O–H groups in total. The molecule has 0 atom stereocenters. The molecule has 0 radical (unpaired) electrons. The number of nitrogens with one attached hydrogen (secondary N) is 1. The molecule has 2 aromatic carbocycles. The predicted octanol–water partition coefficient (Wildman–Crippen LogP) is 4.46. The van der Waals surface area contributed by atoms with Crippen LogP contribution in [0.3, 0.4) is 0 Å². The number of carbonyl (C=O) groups is 1. The maximum absolute atomic E-state index is 12.4. The van der Waals surface area contributed by atoms with E-state index < -0.39 is 0 Å². The first-order valence-corrected chi connectivity index (χ1v) is 8.45. The summed E-state index contributed by atoms with van der Waals surface area (Å²) in [6.07, 6.45) is 2.00. The predicted molar refractivity (Wildman–Crippen MR) is 92.4 cm³/mol. The molecule has 0 bridgehead atoms. The summed E-state index contributed by atoms with van der Waals surface area (Å²) in [5.74, 6) is -0.160. The molecule has 0 aliphatic carbocycles. The number of nitrogen functional groups attached to an aromatic ring is 1. The molecule has 0 fully saturated rings. The number of benzene rings is 2. The largest absolute Gasteiger partial charge is 0.397 e. The van der Waals surface area contributed by atoms with Gasteiger partial charge in [-0.1, -0.05) is 24.3 Å². The first-order chi connectivity index (χ1) is 10.2. The van der Waals surface area contributed by atoms with Crippen molar-refractivity contribution in [2.45, 2.75) is 4.90 Å². The second-order valence-corrected chi connectivity index (χ2v) is 6.46. The van der Waals surface area contributed by atoms with Crippen molar-refractivity contribution in [2.75, 3.05) is 17.3 Å². The lowest BCUT2D eigenvalue weighted by atomic mass is 10.2. The highest BCUT2D eigenvalue weighted by atomic mass is 32.2. The van der Waals surface area contributed by atoms with Crippen molar-refractivity contribution >= 4 is 50.5 Å². The van der Waals surface area contributed by atoms with E-state index in [1.807, 2.05) is 54.8 Å². The third-order valence-electron chi connectivity index (χ3n) is 3.17. The van der Waals surface area contributed by atoms with Crippen molar-refractivity contribution in [2.24, 2.45) is 0 Å². The van der Waals surface area contributed by atoms with Crippen molar-refractivity contribution in [3.63, 3.8) is 0 Å². The van der Waals surface area contributed by atoms with Crippen LogP contribution in [-0.2, 0) is 0 Å². The van der Waals surface area contributed by atoms with Crippen LogP contribution in [0.2, 0.25) is 0 Å². The van der Waals surface area contributed by atoms with Gasteiger partial charge in [-0.05, 0) is 30.5 Å². The van der Waals surface area contributed by atoms with E-state index in [-0.39, 0.29) is 5.91 Å². The van der Waals surface area contributed by atoms with Gasteiger partial charge in [-0.15, -0.1) is 23.1 Å². The zero-order valence-electron chi connectivity index (χ0n) is 11.4. The van der Waals surface area contributed by atoms with Gasteiger partial charge in [-0.3, -0.25) is 4.79 Å². The number of amides is 1. The van der Waals surface area contributed by atoms with E-state index in [1.165, 1.54) is 11.3 Å². The first-order valence-electron chi connectivity index (χ1n) is 6.41. The minimum absolute atomic E-state index is 0.160. The van der Waals surface area contributed by atoms with Gasteiger partial charge in [0, 0.05) is 20.7 Å². The van der Waals surface area contributed by atoms with Crippen LogP contribution in [0.4, 0.5) is 11.4 Å². The molecule has 1 aromatic heterocycles. The average molecular weight is 314 g/mol. The normalized spacial score (nSPS) is 10.7. The Morgan fingerprint density at radius 2 is 2.00 bits per heavy atom. The average Bonchev–Trinajstić information content (AvgIpc) is 2.85. The molecular weight excluding hydrogens is 300 g/mol. The van der Waals surface area contributed by atoms with Crippen molar-refractivity contribution in [1.82, 2.24) is 0 Å². The highest BCUT2D eigenvalue weighted by Gasteiger charge is 2.16. The highest BCUT2D eigenvalue weighted by Crippen LogP contribution is 2.33. The SMILES string of the molecule is CSc1cccc(NC(=O)c2sc3ccccc3c2N)c1. The third-order valence-corrected chi connectivity index (χ3v) is 5.08. The maximum atomic E-state index is 12.4. The van der Waals surface area contributed by atoms with Crippen molar-refractivity contribution in [1.29, 1.82) is 0 Å². The number of rotatable bonds is 3. The quantitative estimate of drug-likeness (QED) is 0.702. The van der Waals surface area contributed by atoms with Gasteiger partial charge in [0.2, 0.25) is 0 Å². The molecule has 106 valence electrons. The van der Waals surface area contributed by atoms with E-state index in [2.05, 4.69) is 5.32 Å². The third kappa shape index (κ3) is 2.75. The van der Waals surface area contributed by atoms with Crippen LogP contribution in [0.15, 0.2) is 53.4 Å². The molecular formula is C16H14N2OS2. The molecule has 0 spiro atoms. The number of hydrogen-bond donors (Lipinski definition) is 2. The van der Waals surface area contributed by atoms with Crippen LogP contribution in [0, 0.1) is 0 Å². The molecule has 3 rings (SSSR count). The Kier molecular flexibility index (Phi) is 3.86. The number of hydrogen-bond acceptors (Lipinski definition) is 4. The van der Waals surface area contributed by atoms with Gasteiger partial charge in [-0.2, -0.15) is 0 Å². The summed E-state index contributed by atoms with van der Waals surface area (Å²) in [6.45, 7) is 0. The Balaban J connectivity index is 1.91. The van der Waals surface area contributed by atoms with Crippen molar-refractivity contribution in [3.05, 3.63) is 53.4 Å². The molecule has 21 heavy (non-hydrogen) atoms. The van der Waals surface area contributed by atoms with Gasteiger partial charge in [0.05, 0.1) is 5.69 Å². The van der Waals surface area contributed by atoms with E-state index in [0.29, 0.717) is 10.6 Å². The standard InChI is InChI=1S/C16H14N2OS2/c1-20-11-6-4-5-10(9-11)18-16(19)15-14(17)12-7-2-3-8-13(12)21-15/h2-9H,17H2,1H3,(H,18,19). The van der Waals surface area contributed by atoms with Gasteiger partial charge >= 0.3 is 0 Å². The zero-order valence-corrected chi connectivity index (χ0v) is 13.1. The number of nitrogens with two attached hydrogens (primary N) is 1. The number of thiophene rings is 1. The van der Waals surface area contributed by atoms with Gasteiger partial charge in [-0.25, -0.2) is 0 Å². The van der Waals surface area contributed by atoms with Gasteiger partial charge in [0.1, 0.15) is 4.88 Å². The van der Waals surface area contributed by atoms with E-state index in [1.54, 1.807) is 11.8 Å². The molecule has 0 saturated heterocycles. The minimum atomic E-state index is -0.160. The van der Waals surface area contributed by atoms with Crippen LogP contribution < -0.4 is 11.1 Å². The molecule has 3 nitrogen and oxygen atoms in total. The molecule has 0 unspecified atom stereocenters. The second kappa shape index (κ2) is 5.79. The Bertz CT molecular complexity index is 811. The van der Waals surface area contributed by atoms with E-state index in [0.717, 1.165) is 20.7 Å². The minimum Gasteiger partial charge on any atom is -0.397 e. The van der Waals surface area contributed by atoms with Gasteiger partial charge < -0.3 is 11.1 Å². The summed E-state index contributed by atoms with van der Waals surface area (Å²) in [5, 5.41) is 3.85. The van der Waals surface area contributed by atoms with Crippen molar-refractivity contribution < 1.29 is 4.79 Å². The molecule has 0 saturated carbocycles. The first kappa shape index (κ1) is 14.0. The summed E-state index contributed by atoms with van der Waals surface area (Å²) in [4.78, 5) is 14.1. The Hall–Kier alpha value is -1.98. The second-order valence-electron chi connectivity index (χ2n) is 4.53. The van der Waals surface area contributed by atoms with Crippen LogP contribution >= 0.6 is 23.1 Å². The van der Waals surface area contributed by atoms with Crippen LogP contribution in [0.25, 0.3) is 10.1 Å². The van der Waals surface area contributed by atoms with Crippen LogP contribution in [-0.4, -0.2) is 12.2 Å². The summed E-state index contributed by atoms with van der Waals surface area (Å²) >= 11 is 3.06. The molecule has 1 heterocycles. The number of carbonyl (C=O) groups excluding carboxylic acids is 1.